The Morgan fingerprint density at radius 3 is 2.82 bits per heavy atom. The fourth-order valence-electron chi connectivity index (χ4n) is 3.04. The second kappa shape index (κ2) is 7.95. The highest BCUT2D eigenvalue weighted by Crippen LogP contribution is 2.33. The number of carbonyl (C=O) groups excluding carboxylic acids is 1. The lowest BCUT2D eigenvalue weighted by atomic mass is 9.82. The van der Waals surface area contributed by atoms with Crippen molar-refractivity contribution in [2.24, 2.45) is 5.41 Å². The van der Waals surface area contributed by atoms with Crippen molar-refractivity contribution in [3.63, 3.8) is 0 Å². The summed E-state index contributed by atoms with van der Waals surface area (Å²) in [6.07, 6.45) is 1.63. The average Bonchev–Trinajstić information content (AvgIpc) is 3.01. The third kappa shape index (κ3) is 3.80. The fourth-order valence-corrected chi connectivity index (χ4v) is 3.23. The standard InChI is InChI=1S/C17H25ClN2O2/c1-3-20(12-14-6-4-5-7-15(14)18)16(21)17(9-11-22-2)8-10-19-13-17/h4-7,19H,3,8-13H2,1-2H3. The highest BCUT2D eigenvalue weighted by Gasteiger charge is 2.42. The Kier molecular flexibility index (Phi) is 6.24. The molecular weight excluding hydrogens is 300 g/mol. The number of nitrogens with one attached hydrogen (secondary N) is 1. The van der Waals surface area contributed by atoms with Crippen LogP contribution < -0.4 is 5.32 Å². The van der Waals surface area contributed by atoms with Gasteiger partial charge in [0, 0.05) is 38.4 Å². The summed E-state index contributed by atoms with van der Waals surface area (Å²) in [5, 5.41) is 4.04. The van der Waals surface area contributed by atoms with Gasteiger partial charge in [0.25, 0.3) is 0 Å². The van der Waals surface area contributed by atoms with Crippen LogP contribution in [0.25, 0.3) is 0 Å². The summed E-state index contributed by atoms with van der Waals surface area (Å²) in [6.45, 7) is 5.48. The molecule has 1 heterocycles. The number of ether oxygens (including phenoxy) is 1. The van der Waals surface area contributed by atoms with Crippen molar-refractivity contribution in [3.05, 3.63) is 34.9 Å². The number of benzene rings is 1. The molecule has 0 radical (unpaired) electrons. The lowest BCUT2D eigenvalue weighted by Crippen LogP contribution is -2.45. The summed E-state index contributed by atoms with van der Waals surface area (Å²) in [5.41, 5.74) is 0.653. The average molecular weight is 325 g/mol. The highest BCUT2D eigenvalue weighted by atomic mass is 35.5. The summed E-state index contributed by atoms with van der Waals surface area (Å²) < 4.78 is 5.21. The number of carbonyl (C=O) groups is 1. The normalized spacial score (nSPS) is 21.0. The van der Waals surface area contributed by atoms with Crippen LogP contribution in [0.1, 0.15) is 25.3 Å². The molecule has 1 atom stereocenters. The molecule has 1 fully saturated rings. The predicted octanol–water partition coefficient (Wildman–Crippen LogP) is 2.70. The monoisotopic (exact) mass is 324 g/mol. The van der Waals surface area contributed by atoms with Gasteiger partial charge in [0.15, 0.2) is 0 Å². The van der Waals surface area contributed by atoms with Gasteiger partial charge in [0.1, 0.15) is 0 Å². The maximum Gasteiger partial charge on any atom is 0.230 e. The molecule has 22 heavy (non-hydrogen) atoms. The van der Waals surface area contributed by atoms with Gasteiger partial charge in [-0.25, -0.2) is 0 Å². The number of methoxy groups -OCH3 is 1. The fraction of sp³-hybridized carbons (Fsp3) is 0.588. The molecule has 0 aromatic heterocycles. The van der Waals surface area contributed by atoms with Gasteiger partial charge < -0.3 is 15.0 Å². The van der Waals surface area contributed by atoms with Gasteiger partial charge in [-0.3, -0.25) is 4.79 Å². The van der Waals surface area contributed by atoms with E-state index >= 15 is 0 Å². The van der Waals surface area contributed by atoms with Gasteiger partial charge in [-0.2, -0.15) is 0 Å². The first-order chi connectivity index (χ1) is 10.6. The van der Waals surface area contributed by atoms with Crippen molar-refractivity contribution < 1.29 is 9.53 Å². The van der Waals surface area contributed by atoms with Crippen molar-refractivity contribution >= 4 is 17.5 Å². The molecule has 1 amide bonds. The molecule has 0 bridgehead atoms. The van der Waals surface area contributed by atoms with E-state index in [4.69, 9.17) is 16.3 Å². The van der Waals surface area contributed by atoms with Crippen LogP contribution in [-0.4, -0.2) is 44.2 Å². The SMILES string of the molecule is CCN(Cc1ccccc1Cl)C(=O)C1(CCOC)CCNC1. The second-order valence-electron chi connectivity index (χ2n) is 5.86. The zero-order valence-corrected chi connectivity index (χ0v) is 14.2. The lowest BCUT2D eigenvalue weighted by Gasteiger charge is -2.33. The molecule has 1 aromatic carbocycles. The minimum atomic E-state index is -0.340. The van der Waals surface area contributed by atoms with Crippen LogP contribution in [0, 0.1) is 5.41 Å². The van der Waals surface area contributed by atoms with E-state index in [0.29, 0.717) is 24.7 Å². The van der Waals surface area contributed by atoms with Crippen LogP contribution in [0.15, 0.2) is 24.3 Å². The van der Waals surface area contributed by atoms with Crippen LogP contribution in [0.2, 0.25) is 5.02 Å². The van der Waals surface area contributed by atoms with E-state index in [2.05, 4.69) is 5.32 Å². The molecule has 1 aliphatic rings. The van der Waals surface area contributed by atoms with Gasteiger partial charge in [-0.15, -0.1) is 0 Å². The Morgan fingerprint density at radius 2 is 2.23 bits per heavy atom. The summed E-state index contributed by atoms with van der Waals surface area (Å²) in [5.74, 6) is 0.206. The highest BCUT2D eigenvalue weighted by molar-refractivity contribution is 6.31. The van der Waals surface area contributed by atoms with E-state index in [1.165, 1.54) is 0 Å². The maximum atomic E-state index is 13.1. The molecule has 1 aromatic rings. The third-order valence-corrected chi connectivity index (χ3v) is 4.84. The van der Waals surface area contributed by atoms with Gasteiger partial charge >= 0.3 is 0 Å². The molecule has 1 aliphatic heterocycles. The zero-order chi connectivity index (χ0) is 16.0. The van der Waals surface area contributed by atoms with E-state index in [9.17, 15) is 4.79 Å². The molecule has 122 valence electrons. The first-order valence-corrected chi connectivity index (χ1v) is 8.23. The first-order valence-electron chi connectivity index (χ1n) is 7.85. The number of hydrogen-bond donors (Lipinski definition) is 1. The van der Waals surface area contributed by atoms with Crippen molar-refractivity contribution in [2.45, 2.75) is 26.3 Å². The molecular formula is C17H25ClN2O2. The Morgan fingerprint density at radius 1 is 1.45 bits per heavy atom. The summed E-state index contributed by atoms with van der Waals surface area (Å²) in [6, 6.07) is 7.71. The first kappa shape index (κ1) is 17.3. The lowest BCUT2D eigenvalue weighted by molar-refractivity contribution is -0.142. The molecule has 0 saturated carbocycles. The largest absolute Gasteiger partial charge is 0.385 e. The van der Waals surface area contributed by atoms with E-state index in [0.717, 1.165) is 31.5 Å². The van der Waals surface area contributed by atoms with Crippen LogP contribution in [-0.2, 0) is 16.1 Å². The van der Waals surface area contributed by atoms with Crippen molar-refractivity contribution in [2.75, 3.05) is 33.4 Å². The topological polar surface area (TPSA) is 41.6 Å². The van der Waals surface area contributed by atoms with Crippen LogP contribution in [0.3, 0.4) is 0 Å². The molecule has 1 N–H and O–H groups in total. The predicted molar refractivity (Wildman–Crippen MR) is 89.0 cm³/mol. The Balaban J connectivity index is 2.14. The number of rotatable bonds is 7. The van der Waals surface area contributed by atoms with E-state index in [-0.39, 0.29) is 11.3 Å². The van der Waals surface area contributed by atoms with E-state index in [1.807, 2.05) is 36.1 Å². The van der Waals surface area contributed by atoms with Gasteiger partial charge in [-0.1, -0.05) is 29.8 Å². The van der Waals surface area contributed by atoms with E-state index in [1.54, 1.807) is 7.11 Å². The van der Waals surface area contributed by atoms with Crippen LogP contribution >= 0.6 is 11.6 Å². The summed E-state index contributed by atoms with van der Waals surface area (Å²) in [4.78, 5) is 15.0. The van der Waals surface area contributed by atoms with E-state index < -0.39 is 0 Å². The van der Waals surface area contributed by atoms with Gasteiger partial charge in [0.2, 0.25) is 5.91 Å². The molecule has 4 nitrogen and oxygen atoms in total. The van der Waals surface area contributed by atoms with Crippen molar-refractivity contribution in [1.29, 1.82) is 0 Å². The molecule has 0 aliphatic carbocycles. The van der Waals surface area contributed by atoms with Gasteiger partial charge in [0.05, 0.1) is 5.41 Å². The zero-order valence-electron chi connectivity index (χ0n) is 13.4. The van der Waals surface area contributed by atoms with Gasteiger partial charge in [-0.05, 0) is 37.9 Å². The second-order valence-corrected chi connectivity index (χ2v) is 6.27. The third-order valence-electron chi connectivity index (χ3n) is 4.47. The van der Waals surface area contributed by atoms with Crippen LogP contribution in [0.4, 0.5) is 0 Å². The van der Waals surface area contributed by atoms with Crippen molar-refractivity contribution in [3.8, 4) is 0 Å². The minimum absolute atomic E-state index is 0.206. The van der Waals surface area contributed by atoms with Crippen LogP contribution in [0.5, 0.6) is 0 Å². The summed E-state index contributed by atoms with van der Waals surface area (Å²) in [7, 11) is 1.68. The Labute approximate surface area is 137 Å². The molecule has 0 spiro atoms. The minimum Gasteiger partial charge on any atom is -0.385 e. The number of halogens is 1. The Bertz CT molecular complexity index is 501. The van der Waals surface area contributed by atoms with Crippen molar-refractivity contribution in [1.82, 2.24) is 10.2 Å². The maximum absolute atomic E-state index is 13.1. The summed E-state index contributed by atoms with van der Waals surface area (Å²) >= 11 is 6.24. The molecule has 1 unspecified atom stereocenters. The number of hydrogen-bond acceptors (Lipinski definition) is 3. The molecule has 5 heteroatoms. The molecule has 1 saturated heterocycles. The quantitative estimate of drug-likeness (QED) is 0.838. The number of amides is 1. The Hall–Kier alpha value is -1.10. The number of nitrogens with zero attached hydrogens (tertiary/aromatic N) is 1. The smallest absolute Gasteiger partial charge is 0.230 e. The molecule has 2 rings (SSSR count).